The molecule has 15 heavy (non-hydrogen) atoms. The lowest BCUT2D eigenvalue weighted by Crippen LogP contribution is -2.21. The molecule has 1 saturated carbocycles. The molecule has 2 heteroatoms. The van der Waals surface area contributed by atoms with Gasteiger partial charge < -0.3 is 0 Å². The van der Waals surface area contributed by atoms with Gasteiger partial charge in [-0.2, -0.15) is 0 Å². The van der Waals surface area contributed by atoms with Crippen molar-refractivity contribution in [3.63, 3.8) is 0 Å². The van der Waals surface area contributed by atoms with Gasteiger partial charge in [0.05, 0.1) is 6.54 Å². The van der Waals surface area contributed by atoms with Crippen molar-refractivity contribution in [1.29, 1.82) is 0 Å². The summed E-state index contributed by atoms with van der Waals surface area (Å²) in [5.41, 5.74) is 1.48. The van der Waals surface area contributed by atoms with E-state index < -0.39 is 0 Å². The van der Waals surface area contributed by atoms with Crippen molar-refractivity contribution in [3.8, 4) is 0 Å². The maximum atomic E-state index is 5.78. The lowest BCUT2D eigenvalue weighted by molar-refractivity contribution is 0.179. The van der Waals surface area contributed by atoms with E-state index in [1.807, 2.05) is 0 Å². The Morgan fingerprint density at radius 3 is 2.53 bits per heavy atom. The van der Waals surface area contributed by atoms with Gasteiger partial charge in [-0.05, 0) is 31.2 Å². The molecule has 0 amide bonds. The van der Waals surface area contributed by atoms with Crippen LogP contribution < -0.4 is 0 Å². The van der Waals surface area contributed by atoms with Gasteiger partial charge in [-0.15, -0.1) is 5.06 Å². The van der Waals surface area contributed by atoms with Gasteiger partial charge in [0.25, 0.3) is 0 Å². The maximum absolute atomic E-state index is 5.78. The maximum Gasteiger partial charge on any atom is 0.165 e. The highest BCUT2D eigenvalue weighted by Gasteiger charge is 2.54. The van der Waals surface area contributed by atoms with Crippen LogP contribution in [0.15, 0.2) is 30.3 Å². The van der Waals surface area contributed by atoms with Crippen LogP contribution in [0, 0.1) is 0 Å². The summed E-state index contributed by atoms with van der Waals surface area (Å²) in [6.45, 7) is 0.945. The first-order valence-electron chi connectivity index (χ1n) is 5.90. The Balaban J connectivity index is 1.63. The van der Waals surface area contributed by atoms with Crippen LogP contribution in [0.3, 0.4) is 0 Å². The molecule has 3 rings (SSSR count). The van der Waals surface area contributed by atoms with Crippen LogP contribution in [0.25, 0.3) is 0 Å². The highest BCUT2D eigenvalue weighted by Crippen LogP contribution is 2.47. The molecule has 2 nitrogen and oxygen atoms in total. The Kier molecular flexibility index (Phi) is 2.26. The molecule has 1 unspecified atom stereocenters. The van der Waals surface area contributed by atoms with Gasteiger partial charge in [0, 0.05) is 0 Å². The molecule has 1 atom stereocenters. The van der Waals surface area contributed by atoms with E-state index in [4.69, 9.17) is 4.84 Å². The molecule has 80 valence electrons. The van der Waals surface area contributed by atoms with Crippen molar-refractivity contribution < 1.29 is 4.84 Å². The van der Waals surface area contributed by atoms with E-state index in [-0.39, 0.29) is 5.72 Å². The van der Waals surface area contributed by atoms with Gasteiger partial charge in [-0.25, -0.2) is 0 Å². The number of rotatable bonds is 2. The molecule has 1 aromatic rings. The van der Waals surface area contributed by atoms with Crippen LogP contribution in [0.2, 0.25) is 0 Å². The van der Waals surface area contributed by atoms with Crippen LogP contribution >= 0.6 is 0 Å². The topological polar surface area (TPSA) is 15.5 Å². The van der Waals surface area contributed by atoms with Gasteiger partial charge in [0.2, 0.25) is 0 Å². The first-order chi connectivity index (χ1) is 7.39. The smallest absolute Gasteiger partial charge is 0.165 e. The highest BCUT2D eigenvalue weighted by molar-refractivity contribution is 5.15. The fourth-order valence-electron chi connectivity index (χ4n) is 2.56. The molecular weight excluding hydrogens is 186 g/mol. The average Bonchev–Trinajstić information content (AvgIpc) is 2.93. The lowest BCUT2D eigenvalue weighted by atomic mass is 9.93. The van der Waals surface area contributed by atoms with Gasteiger partial charge in [0.15, 0.2) is 5.72 Å². The predicted molar refractivity (Wildman–Crippen MR) is 58.9 cm³/mol. The molecule has 0 aromatic heterocycles. The van der Waals surface area contributed by atoms with Gasteiger partial charge in [-0.1, -0.05) is 36.8 Å². The van der Waals surface area contributed by atoms with Crippen LogP contribution in [0.4, 0.5) is 0 Å². The number of hydrogen-bond acceptors (Lipinski definition) is 2. The molecule has 1 aliphatic heterocycles. The van der Waals surface area contributed by atoms with Crippen LogP contribution in [-0.4, -0.2) is 10.8 Å². The SMILES string of the molecule is c1ccc(CN2OC23CCCCC3)cc1. The predicted octanol–water partition coefficient (Wildman–Crippen LogP) is 3.09. The molecule has 0 radical (unpaired) electrons. The number of nitrogens with zero attached hydrogens (tertiary/aromatic N) is 1. The Morgan fingerprint density at radius 2 is 1.80 bits per heavy atom. The zero-order chi connectivity index (χ0) is 10.1. The van der Waals surface area contributed by atoms with Crippen LogP contribution in [-0.2, 0) is 11.4 Å². The zero-order valence-corrected chi connectivity index (χ0v) is 8.98. The number of hydrogen-bond donors (Lipinski definition) is 0. The molecule has 1 heterocycles. The molecule has 1 aromatic carbocycles. The molecular formula is C13H17NO. The van der Waals surface area contributed by atoms with E-state index >= 15 is 0 Å². The summed E-state index contributed by atoms with van der Waals surface area (Å²) in [7, 11) is 0. The molecule has 1 saturated heterocycles. The summed E-state index contributed by atoms with van der Waals surface area (Å²) < 4.78 is 0. The second-order valence-electron chi connectivity index (χ2n) is 4.62. The summed E-state index contributed by atoms with van der Waals surface area (Å²) in [6, 6.07) is 10.6. The van der Waals surface area contributed by atoms with Gasteiger partial charge in [-0.3, -0.25) is 4.84 Å². The van der Waals surface area contributed by atoms with E-state index in [0.29, 0.717) is 0 Å². The number of hydroxylamine groups is 2. The Labute approximate surface area is 90.8 Å². The largest absolute Gasteiger partial charge is 0.271 e. The molecule has 1 spiro atoms. The summed E-state index contributed by atoms with van der Waals surface area (Å²) in [5, 5.41) is 2.17. The third kappa shape index (κ3) is 1.80. The van der Waals surface area contributed by atoms with Crippen LogP contribution in [0.5, 0.6) is 0 Å². The molecule has 2 aliphatic rings. The first kappa shape index (κ1) is 9.37. The minimum atomic E-state index is 0.133. The Morgan fingerprint density at radius 1 is 1.07 bits per heavy atom. The molecule has 2 fully saturated rings. The minimum absolute atomic E-state index is 0.133. The summed E-state index contributed by atoms with van der Waals surface area (Å²) in [6.07, 6.45) is 6.47. The van der Waals surface area contributed by atoms with Gasteiger partial charge in [0.1, 0.15) is 0 Å². The second kappa shape index (κ2) is 3.62. The van der Waals surface area contributed by atoms with Crippen molar-refractivity contribution in [3.05, 3.63) is 35.9 Å². The van der Waals surface area contributed by atoms with Crippen molar-refractivity contribution in [2.24, 2.45) is 0 Å². The van der Waals surface area contributed by atoms with E-state index in [0.717, 1.165) is 6.54 Å². The van der Waals surface area contributed by atoms with Crippen molar-refractivity contribution in [2.45, 2.75) is 44.4 Å². The summed E-state index contributed by atoms with van der Waals surface area (Å²) in [5.74, 6) is 0. The quantitative estimate of drug-likeness (QED) is 0.686. The minimum Gasteiger partial charge on any atom is -0.271 e. The normalized spacial score (nSPS) is 27.9. The molecule has 0 N–H and O–H groups in total. The zero-order valence-electron chi connectivity index (χ0n) is 8.98. The van der Waals surface area contributed by atoms with E-state index in [1.165, 1.54) is 37.7 Å². The second-order valence-corrected chi connectivity index (χ2v) is 4.62. The first-order valence-corrected chi connectivity index (χ1v) is 5.90. The highest BCUT2D eigenvalue weighted by atomic mass is 16.9. The van der Waals surface area contributed by atoms with E-state index in [9.17, 15) is 0 Å². The Bertz CT molecular complexity index is 330. The van der Waals surface area contributed by atoms with E-state index in [2.05, 4.69) is 35.4 Å². The third-order valence-corrected chi connectivity index (χ3v) is 3.51. The fourth-order valence-corrected chi connectivity index (χ4v) is 2.56. The molecule has 0 bridgehead atoms. The average molecular weight is 203 g/mol. The summed E-state index contributed by atoms with van der Waals surface area (Å²) >= 11 is 0. The number of benzene rings is 1. The van der Waals surface area contributed by atoms with Crippen LogP contribution in [0.1, 0.15) is 37.7 Å². The van der Waals surface area contributed by atoms with Crippen molar-refractivity contribution in [1.82, 2.24) is 5.06 Å². The molecule has 1 aliphatic carbocycles. The standard InChI is InChI=1S/C13H17NO/c1-3-7-12(8-4-1)11-14-13(15-14)9-5-2-6-10-13/h1,3-4,7-8H,2,5-6,9-11H2. The van der Waals surface area contributed by atoms with Crippen molar-refractivity contribution >= 4 is 0 Å². The monoisotopic (exact) mass is 203 g/mol. The third-order valence-electron chi connectivity index (χ3n) is 3.51. The van der Waals surface area contributed by atoms with E-state index in [1.54, 1.807) is 0 Å². The Hall–Kier alpha value is -0.860. The lowest BCUT2D eigenvalue weighted by Gasteiger charge is -2.17. The fraction of sp³-hybridized carbons (Fsp3) is 0.538. The van der Waals surface area contributed by atoms with Gasteiger partial charge >= 0.3 is 0 Å². The van der Waals surface area contributed by atoms with Crippen molar-refractivity contribution in [2.75, 3.05) is 0 Å². The summed E-state index contributed by atoms with van der Waals surface area (Å²) in [4.78, 5) is 5.78.